The molecule has 1 aliphatic rings. The first-order valence-electron chi connectivity index (χ1n) is 9.84. The van der Waals surface area contributed by atoms with Crippen LogP contribution in [0.1, 0.15) is 29.8 Å². The average Bonchev–Trinajstić information content (AvgIpc) is 3.08. The molecule has 1 N–H and O–H groups in total. The molecule has 8 heteroatoms. The van der Waals surface area contributed by atoms with Crippen LogP contribution in [0.3, 0.4) is 0 Å². The second kappa shape index (κ2) is 7.98. The van der Waals surface area contributed by atoms with Gasteiger partial charge in [-0.3, -0.25) is 9.78 Å². The van der Waals surface area contributed by atoms with E-state index in [1.165, 1.54) is 0 Å². The highest BCUT2D eigenvalue weighted by Crippen LogP contribution is 2.23. The monoisotopic (exact) mass is 391 g/mol. The number of hydrogen-bond acceptors (Lipinski definition) is 6. The lowest BCUT2D eigenvalue weighted by Crippen LogP contribution is -2.38. The third-order valence-corrected chi connectivity index (χ3v) is 5.19. The number of aromatic nitrogens is 5. The summed E-state index contributed by atoms with van der Waals surface area (Å²) in [6.45, 7) is 7.45. The first kappa shape index (κ1) is 19.0. The molecule has 0 aromatic carbocycles. The zero-order valence-corrected chi connectivity index (χ0v) is 17.0. The Morgan fingerprint density at radius 3 is 2.48 bits per heavy atom. The number of carbonyl (C=O) groups is 1. The Hall–Kier alpha value is -3.29. The lowest BCUT2D eigenvalue weighted by Gasteiger charge is -2.32. The van der Waals surface area contributed by atoms with Crippen LogP contribution >= 0.6 is 0 Å². The average molecular weight is 391 g/mol. The zero-order valence-electron chi connectivity index (χ0n) is 17.0. The summed E-state index contributed by atoms with van der Waals surface area (Å²) in [5, 5.41) is 7.41. The summed E-state index contributed by atoms with van der Waals surface area (Å²) in [6, 6.07) is 5.80. The Bertz CT molecular complexity index is 1000. The molecule has 3 aromatic heterocycles. The summed E-state index contributed by atoms with van der Waals surface area (Å²) >= 11 is 0. The Labute approximate surface area is 170 Å². The molecule has 29 heavy (non-hydrogen) atoms. The van der Waals surface area contributed by atoms with Crippen molar-refractivity contribution in [2.24, 2.45) is 5.92 Å². The van der Waals surface area contributed by atoms with Gasteiger partial charge in [0.05, 0.1) is 18.1 Å². The fourth-order valence-corrected chi connectivity index (χ4v) is 3.60. The number of amides is 1. The molecule has 8 nitrogen and oxygen atoms in total. The summed E-state index contributed by atoms with van der Waals surface area (Å²) in [4.78, 5) is 28.1. The van der Waals surface area contributed by atoms with Crippen molar-refractivity contribution in [1.82, 2.24) is 24.7 Å². The van der Waals surface area contributed by atoms with Crippen molar-refractivity contribution in [2.45, 2.75) is 33.6 Å². The van der Waals surface area contributed by atoms with Crippen LogP contribution in [-0.2, 0) is 4.79 Å². The maximum atomic E-state index is 12.6. The van der Waals surface area contributed by atoms with Crippen LogP contribution < -0.4 is 10.2 Å². The van der Waals surface area contributed by atoms with E-state index in [-0.39, 0.29) is 11.8 Å². The number of anilines is 2. The number of hydrogen-bond donors (Lipinski definition) is 1. The Kier molecular flexibility index (Phi) is 5.24. The quantitative estimate of drug-likeness (QED) is 0.736. The summed E-state index contributed by atoms with van der Waals surface area (Å²) in [7, 11) is 0. The molecule has 4 rings (SSSR count). The van der Waals surface area contributed by atoms with E-state index >= 15 is 0 Å². The molecular weight excluding hydrogens is 366 g/mol. The first-order valence-corrected chi connectivity index (χ1v) is 9.84. The smallest absolute Gasteiger partial charge is 0.228 e. The maximum absolute atomic E-state index is 12.6. The van der Waals surface area contributed by atoms with Crippen molar-refractivity contribution in [3.05, 3.63) is 53.7 Å². The van der Waals surface area contributed by atoms with E-state index in [0.717, 1.165) is 48.7 Å². The number of nitrogens with one attached hydrogen (secondary N) is 1. The molecule has 0 atom stereocenters. The van der Waals surface area contributed by atoms with E-state index in [9.17, 15) is 4.79 Å². The molecule has 3 aromatic rings. The van der Waals surface area contributed by atoms with Crippen molar-refractivity contribution in [3.63, 3.8) is 0 Å². The lowest BCUT2D eigenvalue weighted by molar-refractivity contribution is -0.120. The van der Waals surface area contributed by atoms with Gasteiger partial charge in [-0.2, -0.15) is 5.10 Å². The zero-order chi connectivity index (χ0) is 20.4. The van der Waals surface area contributed by atoms with E-state index < -0.39 is 0 Å². The first-order chi connectivity index (χ1) is 14.0. The van der Waals surface area contributed by atoms with E-state index in [0.29, 0.717) is 11.6 Å². The molecule has 1 amide bonds. The summed E-state index contributed by atoms with van der Waals surface area (Å²) in [5.74, 6) is 2.13. The molecule has 0 unspecified atom stereocenters. The second-order valence-electron chi connectivity index (χ2n) is 7.55. The van der Waals surface area contributed by atoms with Crippen LogP contribution in [0.5, 0.6) is 0 Å². The Morgan fingerprint density at radius 2 is 1.83 bits per heavy atom. The molecule has 150 valence electrons. The molecule has 0 bridgehead atoms. The third-order valence-electron chi connectivity index (χ3n) is 5.19. The molecule has 0 saturated carbocycles. The van der Waals surface area contributed by atoms with Gasteiger partial charge in [-0.1, -0.05) is 6.07 Å². The van der Waals surface area contributed by atoms with Gasteiger partial charge in [0, 0.05) is 30.9 Å². The summed E-state index contributed by atoms with van der Waals surface area (Å²) < 4.78 is 1.81. The lowest BCUT2D eigenvalue weighted by atomic mass is 9.96. The second-order valence-corrected chi connectivity index (χ2v) is 7.55. The van der Waals surface area contributed by atoms with Gasteiger partial charge in [0.25, 0.3) is 0 Å². The van der Waals surface area contributed by atoms with Crippen molar-refractivity contribution >= 4 is 17.5 Å². The van der Waals surface area contributed by atoms with Gasteiger partial charge in [-0.05, 0) is 51.3 Å². The molecule has 0 spiro atoms. The SMILES string of the molecule is Cc1ccc(NC(=O)C2CCN(c3cncc(-n4nc(C)cc4C)n3)CC2)nc1. The number of piperidine rings is 1. The summed E-state index contributed by atoms with van der Waals surface area (Å²) in [5.41, 5.74) is 3.04. The van der Waals surface area contributed by atoms with Crippen molar-refractivity contribution < 1.29 is 4.79 Å². The van der Waals surface area contributed by atoms with E-state index in [1.807, 2.05) is 39.0 Å². The van der Waals surface area contributed by atoms with Crippen molar-refractivity contribution in [1.29, 1.82) is 0 Å². The molecule has 1 aliphatic heterocycles. The van der Waals surface area contributed by atoms with Gasteiger partial charge in [0.2, 0.25) is 5.91 Å². The predicted octanol–water partition coefficient (Wildman–Crippen LogP) is 2.84. The number of nitrogens with zero attached hydrogens (tertiary/aromatic N) is 6. The molecule has 0 radical (unpaired) electrons. The van der Waals surface area contributed by atoms with Crippen LogP contribution in [0.25, 0.3) is 5.82 Å². The highest BCUT2D eigenvalue weighted by atomic mass is 16.1. The third kappa shape index (κ3) is 4.26. The number of aryl methyl sites for hydroxylation is 3. The number of rotatable bonds is 4. The van der Waals surface area contributed by atoms with Crippen molar-refractivity contribution in [2.75, 3.05) is 23.3 Å². The van der Waals surface area contributed by atoms with Crippen LogP contribution in [0.2, 0.25) is 0 Å². The molecular formula is C21H25N7O. The van der Waals surface area contributed by atoms with Gasteiger partial charge >= 0.3 is 0 Å². The minimum Gasteiger partial charge on any atom is -0.355 e. The highest BCUT2D eigenvalue weighted by molar-refractivity contribution is 5.91. The molecule has 1 fully saturated rings. The van der Waals surface area contributed by atoms with Crippen LogP contribution in [-0.4, -0.2) is 43.7 Å². The van der Waals surface area contributed by atoms with Crippen LogP contribution in [0.4, 0.5) is 11.6 Å². The number of pyridine rings is 1. The Morgan fingerprint density at radius 1 is 1.07 bits per heavy atom. The summed E-state index contributed by atoms with van der Waals surface area (Å²) in [6.07, 6.45) is 6.78. The van der Waals surface area contributed by atoms with Crippen LogP contribution in [0, 0.1) is 26.7 Å². The van der Waals surface area contributed by atoms with E-state index in [1.54, 1.807) is 23.3 Å². The minimum atomic E-state index is -0.0264. The highest BCUT2D eigenvalue weighted by Gasteiger charge is 2.26. The standard InChI is InChI=1S/C21H25N7O/c1-14-4-5-18(23-11-14)24-21(29)17-6-8-27(9-7-17)19-12-22-13-20(25-19)28-16(3)10-15(2)26-28/h4-5,10-13,17H,6-9H2,1-3H3,(H,23,24,29). The van der Waals surface area contributed by atoms with Crippen molar-refractivity contribution in [3.8, 4) is 5.82 Å². The van der Waals surface area contributed by atoms with Crippen LogP contribution in [0.15, 0.2) is 36.8 Å². The molecule has 1 saturated heterocycles. The van der Waals surface area contributed by atoms with E-state index in [4.69, 9.17) is 4.98 Å². The molecule has 0 aliphatic carbocycles. The number of carbonyl (C=O) groups excluding carboxylic acids is 1. The van der Waals surface area contributed by atoms with Gasteiger partial charge in [-0.25, -0.2) is 14.6 Å². The fraction of sp³-hybridized carbons (Fsp3) is 0.381. The van der Waals surface area contributed by atoms with E-state index in [2.05, 4.69) is 25.3 Å². The topological polar surface area (TPSA) is 88.8 Å². The van der Waals surface area contributed by atoms with Gasteiger partial charge < -0.3 is 10.2 Å². The maximum Gasteiger partial charge on any atom is 0.228 e. The minimum absolute atomic E-state index is 0.0264. The predicted molar refractivity (Wildman–Crippen MR) is 111 cm³/mol. The van der Waals surface area contributed by atoms with Gasteiger partial charge in [0.1, 0.15) is 11.6 Å². The normalized spacial score (nSPS) is 14.8. The fourth-order valence-electron chi connectivity index (χ4n) is 3.60. The largest absolute Gasteiger partial charge is 0.355 e. The Balaban J connectivity index is 1.39. The van der Waals surface area contributed by atoms with Gasteiger partial charge in [-0.15, -0.1) is 0 Å². The van der Waals surface area contributed by atoms with Gasteiger partial charge in [0.15, 0.2) is 5.82 Å². The molecule has 4 heterocycles.